The van der Waals surface area contributed by atoms with Crippen LogP contribution < -0.4 is 5.32 Å². The minimum atomic E-state index is -3.50. The first-order valence-corrected chi connectivity index (χ1v) is 7.92. The highest BCUT2D eigenvalue weighted by molar-refractivity contribution is 7.91. The Labute approximate surface area is 110 Å². The molecule has 0 bridgehead atoms. The first-order chi connectivity index (χ1) is 8.67. The van der Waals surface area contributed by atoms with Gasteiger partial charge in [-0.1, -0.05) is 0 Å². The van der Waals surface area contributed by atoms with Gasteiger partial charge < -0.3 is 15.5 Å². The third-order valence-corrected chi connectivity index (χ3v) is 5.61. The maximum absolute atomic E-state index is 12.1. The van der Waals surface area contributed by atoms with Gasteiger partial charge in [0.1, 0.15) is 5.41 Å². The van der Waals surface area contributed by atoms with Gasteiger partial charge in [0.15, 0.2) is 9.84 Å². The van der Waals surface area contributed by atoms with Crippen molar-refractivity contribution >= 4 is 21.7 Å². The number of carbonyl (C=O) groups is 2. The fraction of sp³-hybridized carbons (Fsp3) is 0.818. The molecule has 1 aliphatic heterocycles. The molecule has 7 nitrogen and oxygen atoms in total. The Bertz CT molecular complexity index is 511. The Morgan fingerprint density at radius 3 is 2.21 bits per heavy atom. The van der Waals surface area contributed by atoms with Gasteiger partial charge in [-0.25, -0.2) is 8.42 Å². The molecule has 0 aromatic heterocycles. The number of hydrogen-bond acceptors (Lipinski definition) is 5. The molecule has 0 radical (unpaired) electrons. The summed E-state index contributed by atoms with van der Waals surface area (Å²) in [6, 6.07) is -0.0265. The average molecular weight is 291 g/mol. The number of nitrogens with one attached hydrogen (secondary N) is 1. The van der Waals surface area contributed by atoms with E-state index in [9.17, 15) is 28.2 Å². The van der Waals surface area contributed by atoms with E-state index in [4.69, 9.17) is 0 Å². The molecule has 0 aromatic carbocycles. The quantitative estimate of drug-likeness (QED) is 0.557. The number of carbonyl (C=O) groups excluding carboxylic acids is 1. The zero-order chi connectivity index (χ0) is 14.4. The van der Waals surface area contributed by atoms with Crippen molar-refractivity contribution in [2.75, 3.05) is 11.5 Å². The van der Waals surface area contributed by atoms with Crippen molar-refractivity contribution < 1.29 is 28.2 Å². The third kappa shape index (κ3) is 2.59. The number of aliphatic carboxylic acids is 1. The van der Waals surface area contributed by atoms with E-state index < -0.39 is 50.7 Å². The molecule has 1 heterocycles. The zero-order valence-corrected chi connectivity index (χ0v) is 11.3. The highest BCUT2D eigenvalue weighted by atomic mass is 32.2. The molecule has 19 heavy (non-hydrogen) atoms. The van der Waals surface area contributed by atoms with Crippen LogP contribution in [0.2, 0.25) is 0 Å². The van der Waals surface area contributed by atoms with Crippen molar-refractivity contribution in [1.29, 1.82) is 0 Å². The lowest BCUT2D eigenvalue weighted by atomic mass is 9.74. The lowest BCUT2D eigenvalue weighted by molar-refractivity contribution is -0.160. The largest absolute Gasteiger partial charge is 0.480 e. The van der Waals surface area contributed by atoms with E-state index in [0.717, 1.165) is 12.8 Å². The number of amides is 1. The highest BCUT2D eigenvalue weighted by Gasteiger charge is 2.56. The van der Waals surface area contributed by atoms with E-state index in [0.29, 0.717) is 0 Å². The maximum atomic E-state index is 12.1. The highest BCUT2D eigenvalue weighted by Crippen LogP contribution is 2.37. The van der Waals surface area contributed by atoms with E-state index in [1.165, 1.54) is 6.92 Å². The number of rotatable bonds is 4. The summed E-state index contributed by atoms with van der Waals surface area (Å²) in [6.45, 7) is 1.18. The van der Waals surface area contributed by atoms with Crippen molar-refractivity contribution in [3.63, 3.8) is 0 Å². The first-order valence-electron chi connectivity index (χ1n) is 6.09. The summed E-state index contributed by atoms with van der Waals surface area (Å²) in [7, 11) is -3.50. The van der Waals surface area contributed by atoms with E-state index in [2.05, 4.69) is 5.32 Å². The van der Waals surface area contributed by atoms with Gasteiger partial charge in [0.25, 0.3) is 0 Å². The molecular weight excluding hydrogens is 274 g/mol. The summed E-state index contributed by atoms with van der Waals surface area (Å²) in [5, 5.41) is 21.7. The predicted molar refractivity (Wildman–Crippen MR) is 65.1 cm³/mol. The second-order valence-electron chi connectivity index (χ2n) is 5.51. The monoisotopic (exact) mass is 291 g/mol. The van der Waals surface area contributed by atoms with Crippen LogP contribution >= 0.6 is 0 Å². The Morgan fingerprint density at radius 2 is 1.84 bits per heavy atom. The predicted octanol–water partition coefficient (Wildman–Crippen LogP) is -1.24. The van der Waals surface area contributed by atoms with Crippen LogP contribution in [0.4, 0.5) is 0 Å². The van der Waals surface area contributed by atoms with Crippen LogP contribution in [0.5, 0.6) is 0 Å². The van der Waals surface area contributed by atoms with Crippen LogP contribution in [-0.4, -0.2) is 54.2 Å². The van der Waals surface area contributed by atoms with Crippen molar-refractivity contribution in [3.05, 3.63) is 0 Å². The van der Waals surface area contributed by atoms with Crippen molar-refractivity contribution in [3.8, 4) is 0 Å². The van der Waals surface area contributed by atoms with Crippen LogP contribution in [0.15, 0.2) is 0 Å². The summed E-state index contributed by atoms with van der Waals surface area (Å²) >= 11 is 0. The molecule has 3 atom stereocenters. The number of sulfone groups is 1. The smallest absolute Gasteiger partial charge is 0.319 e. The van der Waals surface area contributed by atoms with Crippen LogP contribution in [0, 0.1) is 11.3 Å². The summed E-state index contributed by atoms with van der Waals surface area (Å²) in [5.74, 6) is -4.21. The second kappa shape index (κ2) is 4.45. The summed E-state index contributed by atoms with van der Waals surface area (Å²) in [5.41, 5.74) is -1.93. The number of carboxylic acid groups (broad SMARTS) is 1. The standard InChI is InChI=1S/C11H17NO6S/c1-11(10(15)16,9(14)12-6-2-3-6)7-4-19(17,18)5-8(7)13/h6-8,13H,2-5H2,1H3,(H,12,14)(H,15,16). The third-order valence-electron chi connectivity index (χ3n) is 3.89. The molecule has 2 fully saturated rings. The molecule has 2 aliphatic rings. The fourth-order valence-electron chi connectivity index (χ4n) is 2.37. The van der Waals surface area contributed by atoms with Gasteiger partial charge in [-0.05, 0) is 19.8 Å². The van der Waals surface area contributed by atoms with Crippen molar-refractivity contribution in [1.82, 2.24) is 5.32 Å². The number of carboxylic acids is 1. The molecular formula is C11H17NO6S. The second-order valence-corrected chi connectivity index (χ2v) is 7.66. The Kier molecular flexibility index (Phi) is 3.34. The van der Waals surface area contributed by atoms with Gasteiger partial charge in [0.2, 0.25) is 5.91 Å². The maximum Gasteiger partial charge on any atom is 0.319 e. The number of aliphatic hydroxyl groups excluding tert-OH is 1. The lowest BCUT2D eigenvalue weighted by Crippen LogP contribution is -2.53. The van der Waals surface area contributed by atoms with Gasteiger partial charge >= 0.3 is 5.97 Å². The van der Waals surface area contributed by atoms with E-state index in [1.54, 1.807) is 0 Å². The Morgan fingerprint density at radius 1 is 1.26 bits per heavy atom. The fourth-order valence-corrected chi connectivity index (χ4v) is 4.36. The van der Waals surface area contributed by atoms with Crippen LogP contribution in [0.1, 0.15) is 19.8 Å². The molecule has 2 rings (SSSR count). The molecule has 1 aliphatic carbocycles. The van der Waals surface area contributed by atoms with E-state index >= 15 is 0 Å². The van der Waals surface area contributed by atoms with Crippen LogP contribution in [0.3, 0.4) is 0 Å². The molecule has 0 spiro atoms. The molecule has 1 amide bonds. The zero-order valence-electron chi connectivity index (χ0n) is 10.5. The Hall–Kier alpha value is -1.15. The molecule has 3 N–H and O–H groups in total. The number of hydrogen-bond donors (Lipinski definition) is 3. The lowest BCUT2D eigenvalue weighted by Gasteiger charge is -2.31. The molecule has 3 unspecified atom stereocenters. The first kappa shape index (κ1) is 14.3. The van der Waals surface area contributed by atoms with Gasteiger partial charge in [0, 0.05) is 12.0 Å². The summed E-state index contributed by atoms with van der Waals surface area (Å²) in [4.78, 5) is 23.5. The minimum absolute atomic E-state index is 0.0265. The minimum Gasteiger partial charge on any atom is -0.480 e. The van der Waals surface area contributed by atoms with Crippen molar-refractivity contribution in [2.24, 2.45) is 11.3 Å². The normalized spacial score (nSPS) is 32.5. The average Bonchev–Trinajstić information content (AvgIpc) is 3.02. The van der Waals surface area contributed by atoms with Crippen LogP contribution in [-0.2, 0) is 19.4 Å². The summed E-state index contributed by atoms with van der Waals surface area (Å²) < 4.78 is 23.0. The van der Waals surface area contributed by atoms with Gasteiger partial charge in [0.05, 0.1) is 17.6 Å². The molecule has 1 saturated carbocycles. The number of aliphatic hydroxyl groups is 1. The topological polar surface area (TPSA) is 121 Å². The van der Waals surface area contributed by atoms with Crippen molar-refractivity contribution in [2.45, 2.75) is 31.9 Å². The van der Waals surface area contributed by atoms with Gasteiger partial charge in [-0.3, -0.25) is 9.59 Å². The van der Waals surface area contributed by atoms with E-state index in [1.807, 2.05) is 0 Å². The molecule has 108 valence electrons. The Balaban J connectivity index is 2.28. The molecule has 1 saturated heterocycles. The van der Waals surface area contributed by atoms with E-state index in [-0.39, 0.29) is 6.04 Å². The summed E-state index contributed by atoms with van der Waals surface area (Å²) in [6.07, 6.45) is 0.274. The van der Waals surface area contributed by atoms with Gasteiger partial charge in [-0.15, -0.1) is 0 Å². The van der Waals surface area contributed by atoms with Crippen LogP contribution in [0.25, 0.3) is 0 Å². The van der Waals surface area contributed by atoms with Gasteiger partial charge in [-0.2, -0.15) is 0 Å². The SMILES string of the molecule is CC(C(=O)O)(C(=O)NC1CC1)C1CS(=O)(=O)CC1O. The molecule has 0 aromatic rings. The molecule has 8 heteroatoms.